The van der Waals surface area contributed by atoms with Crippen molar-refractivity contribution < 1.29 is 4.79 Å². The molecule has 1 aliphatic rings. The summed E-state index contributed by atoms with van der Waals surface area (Å²) in [4.78, 5) is 23.7. The van der Waals surface area contributed by atoms with Crippen molar-refractivity contribution in [2.24, 2.45) is 0 Å². The van der Waals surface area contributed by atoms with Crippen molar-refractivity contribution in [2.75, 3.05) is 19.6 Å². The Morgan fingerprint density at radius 2 is 2.00 bits per heavy atom. The molecule has 1 atom stereocenters. The number of nitrogens with zero attached hydrogens (tertiary/aromatic N) is 5. The molecule has 1 aromatic carbocycles. The van der Waals surface area contributed by atoms with E-state index in [0.717, 1.165) is 40.6 Å². The third-order valence-corrected chi connectivity index (χ3v) is 6.27. The summed E-state index contributed by atoms with van der Waals surface area (Å²) >= 11 is 6.47. The van der Waals surface area contributed by atoms with Crippen molar-refractivity contribution in [2.45, 2.75) is 45.6 Å². The van der Waals surface area contributed by atoms with Gasteiger partial charge in [-0.3, -0.25) is 9.69 Å². The van der Waals surface area contributed by atoms with Gasteiger partial charge in [0.15, 0.2) is 0 Å². The highest BCUT2D eigenvalue weighted by molar-refractivity contribution is 6.31. The van der Waals surface area contributed by atoms with Gasteiger partial charge < -0.3 is 5.32 Å². The highest BCUT2D eigenvalue weighted by Crippen LogP contribution is 2.29. The second-order valence-electron chi connectivity index (χ2n) is 7.82. The summed E-state index contributed by atoms with van der Waals surface area (Å²) in [6.45, 7) is 6.57. The van der Waals surface area contributed by atoms with E-state index < -0.39 is 0 Å². The fraction of sp³-hybridized carbons (Fsp3) is 0.455. The van der Waals surface area contributed by atoms with Crippen LogP contribution in [0.1, 0.15) is 47.8 Å². The monoisotopic (exact) mass is 426 g/mol. The van der Waals surface area contributed by atoms with Crippen LogP contribution in [0.25, 0.3) is 5.78 Å². The Morgan fingerprint density at radius 1 is 1.23 bits per heavy atom. The predicted octanol–water partition coefficient (Wildman–Crippen LogP) is 3.28. The molecule has 1 N–H and O–H groups in total. The van der Waals surface area contributed by atoms with Gasteiger partial charge in [-0.25, -0.2) is 9.50 Å². The lowest BCUT2D eigenvalue weighted by Gasteiger charge is -2.29. The van der Waals surface area contributed by atoms with Crippen LogP contribution in [-0.2, 0) is 11.2 Å². The van der Waals surface area contributed by atoms with Crippen molar-refractivity contribution in [3.8, 4) is 0 Å². The van der Waals surface area contributed by atoms with Crippen molar-refractivity contribution in [1.29, 1.82) is 0 Å². The summed E-state index contributed by atoms with van der Waals surface area (Å²) in [6, 6.07) is 8.02. The van der Waals surface area contributed by atoms with E-state index in [1.54, 1.807) is 4.52 Å². The quantitative estimate of drug-likeness (QED) is 0.627. The average Bonchev–Trinajstić information content (AvgIpc) is 3.41. The molecule has 1 amide bonds. The third kappa shape index (κ3) is 4.32. The van der Waals surface area contributed by atoms with E-state index in [0.29, 0.717) is 25.2 Å². The van der Waals surface area contributed by atoms with Crippen LogP contribution in [0.3, 0.4) is 0 Å². The molecular formula is C22H27ClN6O. The highest BCUT2D eigenvalue weighted by Gasteiger charge is 2.25. The minimum absolute atomic E-state index is 0.0312. The SMILES string of the molecule is Cc1nc2ncnn2c(C)c1CCC(=O)NCC(c1ccccc1Cl)N1CCCC1. The number of halogens is 1. The Hall–Kier alpha value is -2.51. The molecule has 1 fully saturated rings. The maximum Gasteiger partial charge on any atom is 0.252 e. The number of benzene rings is 1. The number of carbonyl (C=O) groups is 1. The fourth-order valence-electron chi connectivity index (χ4n) is 4.29. The topological polar surface area (TPSA) is 75.4 Å². The normalized spacial score (nSPS) is 15.6. The second-order valence-corrected chi connectivity index (χ2v) is 8.22. The van der Waals surface area contributed by atoms with Gasteiger partial charge in [0, 0.05) is 29.4 Å². The number of likely N-dealkylation sites (tertiary alicyclic amines) is 1. The molecule has 3 aromatic rings. The number of nitrogens with one attached hydrogen (secondary N) is 1. The molecule has 4 rings (SSSR count). The molecule has 0 spiro atoms. The van der Waals surface area contributed by atoms with Gasteiger partial charge in [-0.2, -0.15) is 10.1 Å². The molecule has 0 bridgehead atoms. The highest BCUT2D eigenvalue weighted by atomic mass is 35.5. The fourth-order valence-corrected chi connectivity index (χ4v) is 4.55. The van der Waals surface area contributed by atoms with Crippen LogP contribution in [0.5, 0.6) is 0 Å². The zero-order chi connectivity index (χ0) is 21.1. The van der Waals surface area contributed by atoms with Crippen LogP contribution >= 0.6 is 11.6 Å². The van der Waals surface area contributed by atoms with Crippen LogP contribution in [-0.4, -0.2) is 50.0 Å². The van der Waals surface area contributed by atoms with E-state index in [4.69, 9.17) is 11.6 Å². The summed E-state index contributed by atoms with van der Waals surface area (Å²) in [6.07, 6.45) is 4.89. The molecule has 8 heteroatoms. The van der Waals surface area contributed by atoms with Gasteiger partial charge in [0.05, 0.1) is 6.04 Å². The first kappa shape index (κ1) is 20.8. The Kier molecular flexibility index (Phi) is 6.29. The number of amides is 1. The first-order valence-electron chi connectivity index (χ1n) is 10.5. The van der Waals surface area contributed by atoms with Crippen molar-refractivity contribution >= 4 is 23.3 Å². The van der Waals surface area contributed by atoms with Gasteiger partial charge in [-0.05, 0) is 63.4 Å². The van der Waals surface area contributed by atoms with Crippen molar-refractivity contribution in [1.82, 2.24) is 29.8 Å². The lowest BCUT2D eigenvalue weighted by Crippen LogP contribution is -2.37. The van der Waals surface area contributed by atoms with Crippen molar-refractivity contribution in [3.05, 3.63) is 58.1 Å². The van der Waals surface area contributed by atoms with Gasteiger partial charge in [-0.15, -0.1) is 0 Å². The van der Waals surface area contributed by atoms with E-state index >= 15 is 0 Å². The first-order valence-corrected chi connectivity index (χ1v) is 10.8. The van der Waals surface area contributed by atoms with E-state index in [1.165, 1.54) is 19.2 Å². The Balaban J connectivity index is 1.41. The molecular weight excluding hydrogens is 400 g/mol. The lowest BCUT2D eigenvalue weighted by molar-refractivity contribution is -0.121. The number of carbonyl (C=O) groups excluding carboxylic acids is 1. The van der Waals surface area contributed by atoms with Gasteiger partial charge in [0.1, 0.15) is 6.33 Å². The Labute approximate surface area is 181 Å². The van der Waals surface area contributed by atoms with Crippen LogP contribution in [0.4, 0.5) is 0 Å². The number of rotatable bonds is 7. The number of hydrogen-bond donors (Lipinski definition) is 1. The number of aromatic nitrogens is 4. The average molecular weight is 427 g/mol. The molecule has 0 radical (unpaired) electrons. The summed E-state index contributed by atoms with van der Waals surface area (Å²) < 4.78 is 1.72. The van der Waals surface area contributed by atoms with E-state index in [2.05, 4.69) is 31.3 Å². The van der Waals surface area contributed by atoms with Crippen LogP contribution in [0.2, 0.25) is 5.02 Å². The van der Waals surface area contributed by atoms with Crippen LogP contribution in [0.15, 0.2) is 30.6 Å². The van der Waals surface area contributed by atoms with E-state index in [9.17, 15) is 4.79 Å². The number of fused-ring (bicyclic) bond motifs is 1. The molecule has 3 heterocycles. The van der Waals surface area contributed by atoms with E-state index in [-0.39, 0.29) is 11.9 Å². The summed E-state index contributed by atoms with van der Waals surface area (Å²) in [5.74, 6) is 0.620. The molecule has 30 heavy (non-hydrogen) atoms. The summed E-state index contributed by atoms with van der Waals surface area (Å²) in [5, 5.41) is 8.10. The summed E-state index contributed by atoms with van der Waals surface area (Å²) in [5.41, 5.74) is 4.00. The second kappa shape index (κ2) is 9.10. The van der Waals surface area contributed by atoms with E-state index in [1.807, 2.05) is 32.0 Å². The maximum atomic E-state index is 12.7. The molecule has 0 aliphatic carbocycles. The minimum Gasteiger partial charge on any atom is -0.354 e. The molecule has 0 saturated carbocycles. The number of aryl methyl sites for hydroxylation is 2. The largest absolute Gasteiger partial charge is 0.354 e. The molecule has 1 aliphatic heterocycles. The predicted molar refractivity (Wildman–Crippen MR) is 117 cm³/mol. The summed E-state index contributed by atoms with van der Waals surface area (Å²) in [7, 11) is 0. The molecule has 158 valence electrons. The molecule has 7 nitrogen and oxygen atoms in total. The molecule has 1 unspecified atom stereocenters. The molecule has 1 saturated heterocycles. The van der Waals surface area contributed by atoms with Crippen LogP contribution < -0.4 is 5.32 Å². The Bertz CT molecular complexity index is 1040. The maximum absolute atomic E-state index is 12.7. The standard InChI is InChI=1S/C22H27ClN6O/c1-15-17(16(2)29-22(27-15)25-14-26-29)9-10-21(30)24-13-20(28-11-5-6-12-28)18-7-3-4-8-19(18)23/h3-4,7-8,14,20H,5-6,9-13H2,1-2H3,(H,24,30). The van der Waals surface area contributed by atoms with Gasteiger partial charge >= 0.3 is 0 Å². The smallest absolute Gasteiger partial charge is 0.252 e. The zero-order valence-electron chi connectivity index (χ0n) is 17.4. The molecule has 2 aromatic heterocycles. The van der Waals surface area contributed by atoms with Gasteiger partial charge in [0.2, 0.25) is 5.91 Å². The van der Waals surface area contributed by atoms with Crippen LogP contribution in [0, 0.1) is 13.8 Å². The van der Waals surface area contributed by atoms with Gasteiger partial charge in [-0.1, -0.05) is 29.8 Å². The third-order valence-electron chi connectivity index (χ3n) is 5.93. The van der Waals surface area contributed by atoms with Gasteiger partial charge in [0.25, 0.3) is 5.78 Å². The zero-order valence-corrected chi connectivity index (χ0v) is 18.2. The lowest BCUT2D eigenvalue weighted by atomic mass is 10.0. The van der Waals surface area contributed by atoms with Crippen molar-refractivity contribution in [3.63, 3.8) is 0 Å². The minimum atomic E-state index is 0.0312. The number of hydrogen-bond acceptors (Lipinski definition) is 5. The Morgan fingerprint density at radius 3 is 2.77 bits per heavy atom. The first-order chi connectivity index (χ1) is 14.5.